The number of carbonyl (C=O) groups is 1. The molecule has 0 aliphatic rings. The number of aromatic nitrogens is 2. The average Bonchev–Trinajstić information content (AvgIpc) is 3.11. The van der Waals surface area contributed by atoms with E-state index in [-0.39, 0.29) is 55.2 Å². The highest BCUT2D eigenvalue weighted by Gasteiger charge is 2.37. The van der Waals surface area contributed by atoms with Gasteiger partial charge in [0, 0.05) is 25.1 Å². The van der Waals surface area contributed by atoms with Gasteiger partial charge in [-0.2, -0.15) is 26.3 Å². The van der Waals surface area contributed by atoms with Crippen LogP contribution >= 0.6 is 0 Å². The highest BCUT2D eigenvalue weighted by molar-refractivity contribution is 5.77. The van der Waals surface area contributed by atoms with Gasteiger partial charge in [0.15, 0.2) is 17.2 Å². The summed E-state index contributed by atoms with van der Waals surface area (Å²) < 4.78 is 106. The second-order valence-electron chi connectivity index (χ2n) is 12.5. The minimum absolute atomic E-state index is 0.0343. The number of aliphatic carboxylic acids is 1. The quantitative estimate of drug-likeness (QED) is 0.0835. The van der Waals surface area contributed by atoms with Crippen molar-refractivity contribution in [3.05, 3.63) is 88.7 Å². The summed E-state index contributed by atoms with van der Waals surface area (Å²) >= 11 is 0. The van der Waals surface area contributed by atoms with E-state index in [4.69, 9.17) is 24.1 Å². The first-order chi connectivity index (χ1) is 25.0. The predicted molar refractivity (Wildman–Crippen MR) is 186 cm³/mol. The van der Waals surface area contributed by atoms with Crippen LogP contribution in [0.4, 0.5) is 32.3 Å². The zero-order valence-corrected chi connectivity index (χ0v) is 29.9. The number of carboxylic acid groups (broad SMARTS) is 1. The Kier molecular flexibility index (Phi) is 13.4. The molecular formula is C38H41F6N3O6. The van der Waals surface area contributed by atoms with Gasteiger partial charge in [-0.1, -0.05) is 26.8 Å². The van der Waals surface area contributed by atoms with Gasteiger partial charge in [-0.25, -0.2) is 9.97 Å². The molecule has 0 bridgehead atoms. The lowest BCUT2D eigenvalue weighted by molar-refractivity contribution is -0.143. The maximum absolute atomic E-state index is 13.9. The normalized spacial score (nSPS) is 11.8. The summed E-state index contributed by atoms with van der Waals surface area (Å²) in [6, 6.07) is 10.6. The maximum Gasteiger partial charge on any atom is 0.416 e. The van der Waals surface area contributed by atoms with E-state index < -0.39 is 36.0 Å². The van der Waals surface area contributed by atoms with Crippen molar-refractivity contribution in [2.45, 2.75) is 71.4 Å². The van der Waals surface area contributed by atoms with Crippen molar-refractivity contribution < 1.29 is 55.2 Å². The average molecular weight is 750 g/mol. The van der Waals surface area contributed by atoms with E-state index in [1.807, 2.05) is 39.0 Å². The lowest BCUT2D eigenvalue weighted by Crippen LogP contribution is -2.25. The molecule has 0 saturated heterocycles. The number of hydrogen-bond donors (Lipinski definition) is 1. The number of anilines is 1. The zero-order valence-electron chi connectivity index (χ0n) is 29.9. The molecule has 0 radical (unpaired) electrons. The van der Waals surface area contributed by atoms with Gasteiger partial charge in [-0.05, 0) is 83.5 Å². The van der Waals surface area contributed by atoms with Crippen LogP contribution in [0.15, 0.2) is 60.9 Å². The van der Waals surface area contributed by atoms with Gasteiger partial charge in [-0.3, -0.25) is 4.79 Å². The van der Waals surface area contributed by atoms with Crippen molar-refractivity contribution in [1.82, 2.24) is 9.97 Å². The highest BCUT2D eigenvalue weighted by atomic mass is 19.4. The molecule has 0 unspecified atom stereocenters. The Morgan fingerprint density at radius 1 is 0.792 bits per heavy atom. The van der Waals surface area contributed by atoms with Crippen LogP contribution in [0.1, 0.15) is 73.8 Å². The molecule has 9 nitrogen and oxygen atoms in total. The van der Waals surface area contributed by atoms with Crippen molar-refractivity contribution in [1.29, 1.82) is 0 Å². The molecule has 1 heterocycles. The molecule has 0 spiro atoms. The number of alkyl halides is 6. The van der Waals surface area contributed by atoms with Gasteiger partial charge in [0.05, 0.1) is 51.0 Å². The summed E-state index contributed by atoms with van der Waals surface area (Å²) in [4.78, 5) is 21.0. The predicted octanol–water partition coefficient (Wildman–Crippen LogP) is 9.56. The first-order valence-corrected chi connectivity index (χ1v) is 16.8. The second-order valence-corrected chi connectivity index (χ2v) is 12.5. The van der Waals surface area contributed by atoms with Crippen LogP contribution in [0.2, 0.25) is 0 Å². The number of rotatable bonds is 17. The highest BCUT2D eigenvalue weighted by Crippen LogP contribution is 2.42. The molecule has 1 N–H and O–H groups in total. The third-order valence-electron chi connectivity index (χ3n) is 8.11. The molecule has 1 aromatic heterocycles. The van der Waals surface area contributed by atoms with Crippen molar-refractivity contribution in [3.8, 4) is 34.1 Å². The molecule has 0 aliphatic carbocycles. The van der Waals surface area contributed by atoms with Gasteiger partial charge in [0.1, 0.15) is 5.75 Å². The number of hydrogen-bond acceptors (Lipinski definition) is 8. The van der Waals surface area contributed by atoms with E-state index in [9.17, 15) is 31.1 Å². The zero-order chi connectivity index (χ0) is 38.9. The Balaban J connectivity index is 1.89. The molecule has 0 aliphatic heterocycles. The van der Waals surface area contributed by atoms with Gasteiger partial charge in [-0.15, -0.1) is 0 Å². The van der Waals surface area contributed by atoms with E-state index in [2.05, 4.69) is 9.97 Å². The summed E-state index contributed by atoms with van der Waals surface area (Å²) in [5, 5.41) is 8.89. The van der Waals surface area contributed by atoms with E-state index in [1.54, 1.807) is 12.1 Å². The Hall–Kier alpha value is -5.21. The Morgan fingerprint density at radius 2 is 1.43 bits per heavy atom. The van der Waals surface area contributed by atoms with Crippen molar-refractivity contribution in [2.75, 3.05) is 32.3 Å². The second kappa shape index (κ2) is 17.5. The first-order valence-electron chi connectivity index (χ1n) is 16.8. The molecule has 0 fully saturated rings. The summed E-state index contributed by atoms with van der Waals surface area (Å²) in [5.41, 5.74) is -0.388. The summed E-state index contributed by atoms with van der Waals surface area (Å²) in [5.74, 6) is 0.581. The number of nitrogens with zero attached hydrogens (tertiary/aromatic N) is 3. The monoisotopic (exact) mass is 749 g/mol. The summed E-state index contributed by atoms with van der Waals surface area (Å²) in [7, 11) is 2.97. The van der Waals surface area contributed by atoms with Crippen molar-refractivity contribution >= 4 is 11.9 Å². The fourth-order valence-electron chi connectivity index (χ4n) is 5.46. The largest absolute Gasteiger partial charge is 0.496 e. The SMILES string of the molecule is CCCOc1cc(-c2cc(C(C)C)ccc2OC)c(CN(Cc2cc(C(F)(F)F)cc(C(F)(F)F)c2)c2ncc(OCCCC(=O)O)cn2)cc1OC. The number of carboxylic acids is 1. The van der Waals surface area contributed by atoms with Crippen LogP contribution in [0, 0.1) is 0 Å². The van der Waals surface area contributed by atoms with Crippen LogP contribution in [-0.2, 0) is 30.2 Å². The lowest BCUT2D eigenvalue weighted by atomic mass is 9.93. The minimum atomic E-state index is -5.05. The van der Waals surface area contributed by atoms with Crippen LogP contribution in [0.5, 0.6) is 23.0 Å². The van der Waals surface area contributed by atoms with Gasteiger partial charge in [0.25, 0.3) is 0 Å². The topological polar surface area (TPSA) is 103 Å². The van der Waals surface area contributed by atoms with Crippen LogP contribution in [0.25, 0.3) is 11.1 Å². The molecule has 0 amide bonds. The van der Waals surface area contributed by atoms with E-state index in [1.165, 1.54) is 31.5 Å². The molecule has 3 aromatic carbocycles. The van der Waals surface area contributed by atoms with Crippen LogP contribution in [0.3, 0.4) is 0 Å². The fourth-order valence-corrected chi connectivity index (χ4v) is 5.46. The molecule has 0 saturated carbocycles. The lowest BCUT2D eigenvalue weighted by Gasteiger charge is -2.26. The molecule has 53 heavy (non-hydrogen) atoms. The molecule has 4 rings (SSSR count). The number of benzene rings is 3. The number of methoxy groups -OCH3 is 2. The minimum Gasteiger partial charge on any atom is -0.496 e. The number of ether oxygens (including phenoxy) is 4. The van der Waals surface area contributed by atoms with E-state index in [0.717, 1.165) is 5.56 Å². The van der Waals surface area contributed by atoms with Gasteiger partial charge < -0.3 is 29.0 Å². The Bertz CT molecular complexity index is 1820. The fraction of sp³-hybridized carbons (Fsp3) is 0.395. The number of halogens is 6. The summed E-state index contributed by atoms with van der Waals surface area (Å²) in [6.45, 7) is 5.84. The van der Waals surface area contributed by atoms with Crippen molar-refractivity contribution in [2.24, 2.45) is 0 Å². The molecule has 0 atom stereocenters. The summed E-state index contributed by atoms with van der Waals surface area (Å²) in [6.07, 6.45) is -6.72. The van der Waals surface area contributed by atoms with Crippen LogP contribution < -0.4 is 23.8 Å². The standard InChI is InChI=1S/C38H41F6N3O6/c1-6-11-53-34-18-30(31-15-25(23(2)3)9-10-32(31)50-4)26(16-33(34)51-5)22-47(36-45-19-29(20-46-36)52-12-7-8-35(48)49)21-24-13-27(37(39,40)41)17-28(14-24)38(42,43)44/h9-10,13-20,23H,6-8,11-12,21-22H2,1-5H3,(H,48,49). The smallest absolute Gasteiger partial charge is 0.416 e. The molecule has 15 heteroatoms. The third-order valence-corrected chi connectivity index (χ3v) is 8.11. The van der Waals surface area contributed by atoms with Crippen molar-refractivity contribution in [3.63, 3.8) is 0 Å². The van der Waals surface area contributed by atoms with E-state index in [0.29, 0.717) is 59.1 Å². The first kappa shape index (κ1) is 40.6. The van der Waals surface area contributed by atoms with Gasteiger partial charge in [0.2, 0.25) is 5.95 Å². The maximum atomic E-state index is 13.9. The molecule has 4 aromatic rings. The van der Waals surface area contributed by atoms with E-state index >= 15 is 0 Å². The molecular weight excluding hydrogens is 708 g/mol. The Labute approximate surface area is 303 Å². The Morgan fingerprint density at radius 3 is 1.98 bits per heavy atom. The molecule has 286 valence electrons. The van der Waals surface area contributed by atoms with Gasteiger partial charge >= 0.3 is 18.3 Å². The van der Waals surface area contributed by atoms with Crippen LogP contribution in [-0.4, -0.2) is 48.5 Å². The third kappa shape index (κ3) is 10.9.